The molecule has 0 atom stereocenters. The molecule has 12 rings (SSSR count). The first-order valence-corrected chi connectivity index (χ1v) is 21.3. The second-order valence-electron chi connectivity index (χ2n) is 16.1. The van der Waals surface area contributed by atoms with E-state index in [-0.39, 0.29) is 0 Å². The summed E-state index contributed by atoms with van der Waals surface area (Å²) < 4.78 is 2.42. The van der Waals surface area contributed by atoms with Crippen molar-refractivity contribution >= 4 is 71.2 Å². The zero-order valence-corrected chi connectivity index (χ0v) is 34.0. The van der Waals surface area contributed by atoms with Crippen molar-refractivity contribution in [2.45, 2.75) is 0 Å². The fraction of sp³-hybridized carbons (Fsp3) is 0. The quantitative estimate of drug-likeness (QED) is 0.146. The molecule has 0 aliphatic carbocycles. The molecule has 0 amide bonds. The maximum atomic E-state index is 2.42. The molecule has 1 aromatic heterocycles. The Morgan fingerprint density at radius 3 is 1.69 bits per heavy atom. The van der Waals surface area contributed by atoms with Crippen LogP contribution in [0.25, 0.3) is 93.2 Å². The summed E-state index contributed by atoms with van der Waals surface area (Å²) in [6, 6.07) is 88.5. The van der Waals surface area contributed by atoms with Crippen LogP contribution >= 0.6 is 0 Å². The van der Waals surface area contributed by atoms with Gasteiger partial charge in [-0.3, -0.25) is 0 Å². The van der Waals surface area contributed by atoms with Crippen molar-refractivity contribution in [1.82, 2.24) is 4.57 Å². The lowest BCUT2D eigenvalue weighted by molar-refractivity contribution is 1.18. The van der Waals surface area contributed by atoms with Gasteiger partial charge in [0.25, 0.3) is 0 Å². The van der Waals surface area contributed by atoms with E-state index < -0.39 is 0 Å². The lowest BCUT2D eigenvalue weighted by Crippen LogP contribution is -2.10. The summed E-state index contributed by atoms with van der Waals surface area (Å²) >= 11 is 0. The van der Waals surface area contributed by atoms with Crippen LogP contribution in [0.5, 0.6) is 0 Å². The lowest BCUT2D eigenvalue weighted by Gasteiger charge is -2.27. The highest BCUT2D eigenvalue weighted by atomic mass is 15.1. The van der Waals surface area contributed by atoms with Gasteiger partial charge in [-0.05, 0) is 126 Å². The van der Waals surface area contributed by atoms with Crippen molar-refractivity contribution in [2.75, 3.05) is 4.90 Å². The molecule has 2 nitrogen and oxygen atoms in total. The number of aromatic nitrogens is 1. The van der Waals surface area contributed by atoms with E-state index in [1.165, 1.54) is 81.9 Å². The van der Waals surface area contributed by atoms with Crippen molar-refractivity contribution in [3.63, 3.8) is 0 Å². The Hall–Kier alpha value is -8.20. The minimum absolute atomic E-state index is 1.09. The molecule has 62 heavy (non-hydrogen) atoms. The summed E-state index contributed by atoms with van der Waals surface area (Å²) in [6.45, 7) is 0. The molecule has 0 N–H and O–H groups in total. The van der Waals surface area contributed by atoms with Gasteiger partial charge in [-0.15, -0.1) is 0 Å². The highest BCUT2D eigenvalue weighted by molar-refractivity contribution is 6.16. The van der Waals surface area contributed by atoms with E-state index in [1.807, 2.05) is 0 Å². The van der Waals surface area contributed by atoms with E-state index in [0.717, 1.165) is 28.3 Å². The second kappa shape index (κ2) is 14.8. The Balaban J connectivity index is 1.04. The Morgan fingerprint density at radius 1 is 0.274 bits per heavy atom. The fourth-order valence-electron chi connectivity index (χ4n) is 9.64. The minimum Gasteiger partial charge on any atom is -0.310 e. The van der Waals surface area contributed by atoms with E-state index in [2.05, 4.69) is 252 Å². The number of nitrogens with zero attached hydrogens (tertiary/aromatic N) is 2. The van der Waals surface area contributed by atoms with Crippen LogP contribution in [0.2, 0.25) is 0 Å². The predicted octanol–water partition coefficient (Wildman–Crippen LogP) is 16.7. The van der Waals surface area contributed by atoms with Crippen LogP contribution < -0.4 is 4.90 Å². The Labute approximate surface area is 360 Å². The van der Waals surface area contributed by atoms with Crippen molar-refractivity contribution in [3.8, 4) is 39.1 Å². The predicted molar refractivity (Wildman–Crippen MR) is 264 cm³/mol. The fourth-order valence-corrected chi connectivity index (χ4v) is 9.64. The van der Waals surface area contributed by atoms with Crippen molar-refractivity contribution < 1.29 is 0 Å². The van der Waals surface area contributed by atoms with Gasteiger partial charge < -0.3 is 9.47 Å². The SMILES string of the molecule is c1ccc(-c2ccc3c4c(-c5cccc(N(c6ccc(-c7cccc8ccccc78)cc6)c6ccc7c(ccc8ccccc87)c6)c5)cccc4n(-c4ccccc4)c3c2)cc1. The average Bonchev–Trinajstić information content (AvgIpc) is 3.68. The first-order valence-electron chi connectivity index (χ1n) is 21.3. The topological polar surface area (TPSA) is 8.17 Å². The number of benzene rings is 11. The van der Waals surface area contributed by atoms with Gasteiger partial charge in [0.1, 0.15) is 0 Å². The van der Waals surface area contributed by atoms with Crippen molar-refractivity contribution in [2.24, 2.45) is 0 Å². The molecule has 0 aliphatic rings. The normalized spacial score (nSPS) is 11.5. The largest absolute Gasteiger partial charge is 0.310 e. The zero-order valence-electron chi connectivity index (χ0n) is 34.0. The van der Waals surface area contributed by atoms with E-state index in [9.17, 15) is 0 Å². The molecule has 0 saturated heterocycles. The Bertz CT molecular complexity index is 3620. The minimum atomic E-state index is 1.09. The average molecular weight is 789 g/mol. The number of anilines is 3. The van der Waals surface area contributed by atoms with Gasteiger partial charge in [0.05, 0.1) is 11.0 Å². The first kappa shape index (κ1) is 35.7. The third-order valence-electron chi connectivity index (χ3n) is 12.5. The third-order valence-corrected chi connectivity index (χ3v) is 12.5. The number of fused-ring (bicyclic) bond motifs is 7. The molecule has 0 fully saturated rings. The number of hydrogen-bond donors (Lipinski definition) is 0. The number of para-hydroxylation sites is 1. The molecular formula is C60H40N2. The van der Waals surface area contributed by atoms with E-state index >= 15 is 0 Å². The van der Waals surface area contributed by atoms with Gasteiger partial charge >= 0.3 is 0 Å². The van der Waals surface area contributed by atoms with Crippen LogP contribution in [0.4, 0.5) is 17.1 Å². The van der Waals surface area contributed by atoms with Crippen LogP contribution in [0.3, 0.4) is 0 Å². The monoisotopic (exact) mass is 788 g/mol. The molecule has 0 saturated carbocycles. The summed E-state index contributed by atoms with van der Waals surface area (Å²) in [5.41, 5.74) is 14.0. The first-order chi connectivity index (χ1) is 30.7. The summed E-state index contributed by atoms with van der Waals surface area (Å²) in [5, 5.41) is 9.96. The van der Waals surface area contributed by atoms with E-state index in [0.29, 0.717) is 0 Å². The Morgan fingerprint density at radius 2 is 0.855 bits per heavy atom. The Kier molecular flexibility index (Phi) is 8.53. The molecule has 12 aromatic rings. The van der Waals surface area contributed by atoms with Crippen LogP contribution in [0.15, 0.2) is 243 Å². The van der Waals surface area contributed by atoms with Gasteiger partial charge in [-0.1, -0.05) is 182 Å². The van der Waals surface area contributed by atoms with Gasteiger partial charge in [0.15, 0.2) is 0 Å². The zero-order chi connectivity index (χ0) is 41.0. The molecule has 290 valence electrons. The summed E-state index contributed by atoms with van der Waals surface area (Å²) in [6.07, 6.45) is 0. The molecule has 0 radical (unpaired) electrons. The molecule has 0 unspecified atom stereocenters. The standard InChI is InChI=1S/C60H40N2/c1-3-14-41(15-4-1)45-32-36-57-59(40-45)62(48-20-5-2-6-21-48)58-27-13-26-56(60(57)58)46-19-11-22-50(38-46)61(51-35-37-55-47(39-51)29-28-43-17-8-10-24-53(43)55)49-33-30-44(31-34-49)54-25-12-18-42-16-7-9-23-52(42)54/h1-40H. The van der Waals surface area contributed by atoms with Crippen LogP contribution in [-0.2, 0) is 0 Å². The van der Waals surface area contributed by atoms with Gasteiger partial charge in [-0.25, -0.2) is 0 Å². The highest BCUT2D eigenvalue weighted by Crippen LogP contribution is 2.44. The number of rotatable bonds is 7. The molecule has 0 bridgehead atoms. The second-order valence-corrected chi connectivity index (χ2v) is 16.1. The lowest BCUT2D eigenvalue weighted by atomic mass is 9.97. The van der Waals surface area contributed by atoms with Crippen molar-refractivity contribution in [3.05, 3.63) is 243 Å². The highest BCUT2D eigenvalue weighted by Gasteiger charge is 2.20. The molecule has 1 heterocycles. The van der Waals surface area contributed by atoms with Crippen molar-refractivity contribution in [1.29, 1.82) is 0 Å². The van der Waals surface area contributed by atoms with Crippen LogP contribution in [0.1, 0.15) is 0 Å². The molecule has 0 aliphatic heterocycles. The van der Waals surface area contributed by atoms with E-state index in [4.69, 9.17) is 0 Å². The summed E-state index contributed by atoms with van der Waals surface area (Å²) in [5.74, 6) is 0. The van der Waals surface area contributed by atoms with Gasteiger partial charge in [0, 0.05) is 33.5 Å². The van der Waals surface area contributed by atoms with Crippen LogP contribution in [-0.4, -0.2) is 4.57 Å². The molecule has 0 spiro atoms. The summed E-state index contributed by atoms with van der Waals surface area (Å²) in [4.78, 5) is 2.41. The van der Waals surface area contributed by atoms with Gasteiger partial charge in [-0.2, -0.15) is 0 Å². The molecule has 2 heteroatoms. The summed E-state index contributed by atoms with van der Waals surface area (Å²) in [7, 11) is 0. The van der Waals surface area contributed by atoms with E-state index in [1.54, 1.807) is 0 Å². The number of hydrogen-bond acceptors (Lipinski definition) is 1. The molecule has 11 aromatic carbocycles. The van der Waals surface area contributed by atoms with Gasteiger partial charge in [0.2, 0.25) is 0 Å². The maximum Gasteiger partial charge on any atom is 0.0547 e. The smallest absolute Gasteiger partial charge is 0.0547 e. The third kappa shape index (κ3) is 6.04. The maximum absolute atomic E-state index is 2.42. The molecular weight excluding hydrogens is 749 g/mol. The van der Waals surface area contributed by atoms with Crippen LogP contribution in [0, 0.1) is 0 Å².